The van der Waals surface area contributed by atoms with E-state index in [9.17, 15) is 4.79 Å². The average Bonchev–Trinajstić information content (AvgIpc) is 3.00. The van der Waals surface area contributed by atoms with Crippen molar-refractivity contribution in [3.8, 4) is 0 Å². The Hall–Kier alpha value is -2.47. The second kappa shape index (κ2) is 7.40. The molecule has 3 aromatic rings. The summed E-state index contributed by atoms with van der Waals surface area (Å²) in [5, 5.41) is 7.20. The molecular formula is C18H17BrN4O. The van der Waals surface area contributed by atoms with E-state index < -0.39 is 0 Å². The second-order valence-corrected chi connectivity index (χ2v) is 6.23. The maximum Gasteiger partial charge on any atom is 0.260 e. The summed E-state index contributed by atoms with van der Waals surface area (Å²) in [6.07, 6.45) is 3.99. The number of halogens is 1. The molecule has 5 nitrogen and oxygen atoms in total. The first-order chi connectivity index (χ1) is 11.7. The standard InChI is InChI=1S/C18H17BrN4O/c1-2-16-15(18(24)22-17-9-8-14(19)10-20-17)11-21-23(16)12-13-6-4-3-5-7-13/h3-11H,2,12H2,1H3,(H,20,22,24). The van der Waals surface area contributed by atoms with Crippen molar-refractivity contribution in [2.45, 2.75) is 19.9 Å². The first kappa shape index (κ1) is 16.4. The van der Waals surface area contributed by atoms with Gasteiger partial charge in [0.1, 0.15) is 5.82 Å². The molecule has 1 aromatic carbocycles. The fraction of sp³-hybridized carbons (Fsp3) is 0.167. The van der Waals surface area contributed by atoms with Crippen molar-refractivity contribution in [3.63, 3.8) is 0 Å². The van der Waals surface area contributed by atoms with Crippen LogP contribution in [0.2, 0.25) is 0 Å². The highest BCUT2D eigenvalue weighted by atomic mass is 79.9. The van der Waals surface area contributed by atoms with Crippen LogP contribution in [0.25, 0.3) is 0 Å². The number of carbonyl (C=O) groups excluding carboxylic acids is 1. The number of anilines is 1. The number of nitrogens with zero attached hydrogens (tertiary/aromatic N) is 3. The number of benzene rings is 1. The molecule has 3 rings (SSSR count). The quantitative estimate of drug-likeness (QED) is 0.725. The molecule has 0 saturated carbocycles. The summed E-state index contributed by atoms with van der Waals surface area (Å²) in [5.74, 6) is 0.321. The van der Waals surface area contributed by atoms with Gasteiger partial charge in [-0.25, -0.2) is 4.98 Å². The van der Waals surface area contributed by atoms with Crippen molar-refractivity contribution >= 4 is 27.7 Å². The average molecular weight is 385 g/mol. The number of amides is 1. The van der Waals surface area contributed by atoms with E-state index in [1.807, 2.05) is 48.0 Å². The lowest BCUT2D eigenvalue weighted by atomic mass is 10.1. The Morgan fingerprint density at radius 1 is 1.17 bits per heavy atom. The van der Waals surface area contributed by atoms with E-state index in [1.165, 1.54) is 0 Å². The van der Waals surface area contributed by atoms with Crippen LogP contribution in [0.15, 0.2) is 59.3 Å². The molecule has 6 heteroatoms. The predicted molar refractivity (Wildman–Crippen MR) is 97.0 cm³/mol. The minimum Gasteiger partial charge on any atom is -0.306 e. The summed E-state index contributed by atoms with van der Waals surface area (Å²) in [7, 11) is 0. The van der Waals surface area contributed by atoms with Crippen molar-refractivity contribution in [3.05, 3.63) is 76.2 Å². The zero-order valence-corrected chi connectivity index (χ0v) is 14.8. The van der Waals surface area contributed by atoms with Gasteiger partial charge in [0.15, 0.2) is 0 Å². The van der Waals surface area contributed by atoms with Gasteiger partial charge in [-0.05, 0) is 40.0 Å². The topological polar surface area (TPSA) is 59.8 Å². The molecule has 0 aliphatic carbocycles. The number of carbonyl (C=O) groups is 1. The molecule has 1 amide bonds. The molecule has 0 aliphatic rings. The maximum atomic E-state index is 12.5. The number of rotatable bonds is 5. The van der Waals surface area contributed by atoms with Gasteiger partial charge >= 0.3 is 0 Å². The van der Waals surface area contributed by atoms with Gasteiger partial charge in [0.05, 0.1) is 24.0 Å². The van der Waals surface area contributed by atoms with E-state index in [-0.39, 0.29) is 5.91 Å². The van der Waals surface area contributed by atoms with Crippen molar-refractivity contribution in [2.24, 2.45) is 0 Å². The third-order valence-electron chi connectivity index (χ3n) is 3.67. The Labute approximate surface area is 148 Å². The Balaban J connectivity index is 1.80. The highest BCUT2D eigenvalue weighted by Gasteiger charge is 2.17. The van der Waals surface area contributed by atoms with Gasteiger partial charge in [0, 0.05) is 10.7 Å². The van der Waals surface area contributed by atoms with Gasteiger partial charge in [0.25, 0.3) is 5.91 Å². The third-order valence-corrected chi connectivity index (χ3v) is 4.14. The Bertz CT molecular complexity index is 828. The smallest absolute Gasteiger partial charge is 0.260 e. The fourth-order valence-corrected chi connectivity index (χ4v) is 2.73. The van der Waals surface area contributed by atoms with Crippen LogP contribution in [0, 0.1) is 0 Å². The second-order valence-electron chi connectivity index (χ2n) is 5.32. The van der Waals surface area contributed by atoms with Gasteiger partial charge in [0.2, 0.25) is 0 Å². The monoisotopic (exact) mass is 384 g/mol. The van der Waals surface area contributed by atoms with E-state index in [0.717, 1.165) is 22.2 Å². The molecule has 2 heterocycles. The molecule has 2 aromatic heterocycles. The highest BCUT2D eigenvalue weighted by molar-refractivity contribution is 9.10. The van der Waals surface area contributed by atoms with Crippen molar-refractivity contribution in [2.75, 3.05) is 5.32 Å². The minimum absolute atomic E-state index is 0.194. The largest absolute Gasteiger partial charge is 0.306 e. The van der Waals surface area contributed by atoms with Gasteiger partial charge in [-0.3, -0.25) is 9.48 Å². The van der Waals surface area contributed by atoms with Crippen molar-refractivity contribution in [1.29, 1.82) is 0 Å². The Kier molecular flexibility index (Phi) is 5.05. The fourth-order valence-electron chi connectivity index (χ4n) is 2.50. The lowest BCUT2D eigenvalue weighted by Crippen LogP contribution is -2.15. The van der Waals surface area contributed by atoms with Crippen LogP contribution in [-0.2, 0) is 13.0 Å². The number of hydrogen-bond acceptors (Lipinski definition) is 3. The normalized spacial score (nSPS) is 10.6. The molecule has 0 atom stereocenters. The first-order valence-corrected chi connectivity index (χ1v) is 8.48. The summed E-state index contributed by atoms with van der Waals surface area (Å²) in [6, 6.07) is 13.7. The van der Waals surface area contributed by atoms with Crippen LogP contribution in [0.1, 0.15) is 28.5 Å². The van der Waals surface area contributed by atoms with Gasteiger partial charge in [-0.15, -0.1) is 0 Å². The summed E-state index contributed by atoms with van der Waals surface area (Å²) < 4.78 is 2.74. The summed E-state index contributed by atoms with van der Waals surface area (Å²) >= 11 is 3.33. The predicted octanol–water partition coefficient (Wildman–Crippen LogP) is 3.90. The Morgan fingerprint density at radius 3 is 2.62 bits per heavy atom. The van der Waals surface area contributed by atoms with Crippen LogP contribution in [0.4, 0.5) is 5.82 Å². The summed E-state index contributed by atoms with van der Waals surface area (Å²) in [4.78, 5) is 16.7. The number of aromatic nitrogens is 3. The van der Waals surface area contributed by atoms with E-state index >= 15 is 0 Å². The molecular weight excluding hydrogens is 368 g/mol. The lowest BCUT2D eigenvalue weighted by molar-refractivity contribution is 0.102. The zero-order valence-electron chi connectivity index (χ0n) is 13.2. The molecule has 1 N–H and O–H groups in total. The minimum atomic E-state index is -0.194. The molecule has 0 unspecified atom stereocenters. The number of pyridine rings is 1. The van der Waals surface area contributed by atoms with E-state index in [2.05, 4.69) is 31.3 Å². The van der Waals surface area contributed by atoms with Crippen LogP contribution < -0.4 is 5.32 Å². The zero-order chi connectivity index (χ0) is 16.9. The van der Waals surface area contributed by atoms with E-state index in [1.54, 1.807) is 18.5 Å². The molecule has 0 spiro atoms. The molecule has 0 bridgehead atoms. The van der Waals surface area contributed by atoms with E-state index in [4.69, 9.17) is 0 Å². The maximum absolute atomic E-state index is 12.5. The molecule has 0 fully saturated rings. The molecule has 0 saturated heterocycles. The first-order valence-electron chi connectivity index (χ1n) is 7.69. The molecule has 0 aliphatic heterocycles. The highest BCUT2D eigenvalue weighted by Crippen LogP contribution is 2.15. The van der Waals surface area contributed by atoms with Crippen molar-refractivity contribution < 1.29 is 4.79 Å². The van der Waals surface area contributed by atoms with Crippen molar-refractivity contribution in [1.82, 2.24) is 14.8 Å². The lowest BCUT2D eigenvalue weighted by Gasteiger charge is -2.08. The molecule has 122 valence electrons. The summed E-state index contributed by atoms with van der Waals surface area (Å²) in [5.41, 5.74) is 2.64. The molecule has 24 heavy (non-hydrogen) atoms. The van der Waals surface area contributed by atoms with Crippen LogP contribution in [0.5, 0.6) is 0 Å². The van der Waals surface area contributed by atoms with Crippen LogP contribution in [0.3, 0.4) is 0 Å². The van der Waals surface area contributed by atoms with Crippen LogP contribution >= 0.6 is 15.9 Å². The van der Waals surface area contributed by atoms with Crippen LogP contribution in [-0.4, -0.2) is 20.7 Å². The van der Waals surface area contributed by atoms with Gasteiger partial charge < -0.3 is 5.32 Å². The van der Waals surface area contributed by atoms with Gasteiger partial charge in [-0.1, -0.05) is 37.3 Å². The summed E-state index contributed by atoms with van der Waals surface area (Å²) in [6.45, 7) is 2.67. The number of hydrogen-bond donors (Lipinski definition) is 1. The van der Waals surface area contributed by atoms with Gasteiger partial charge in [-0.2, -0.15) is 5.10 Å². The van der Waals surface area contributed by atoms with E-state index in [0.29, 0.717) is 17.9 Å². The SMILES string of the molecule is CCc1c(C(=O)Nc2ccc(Br)cn2)cnn1Cc1ccccc1. The Morgan fingerprint density at radius 2 is 1.96 bits per heavy atom. The number of nitrogens with one attached hydrogen (secondary N) is 1. The third kappa shape index (κ3) is 3.71. The molecule has 0 radical (unpaired) electrons.